The molecule has 8 heteroatoms. The summed E-state index contributed by atoms with van der Waals surface area (Å²) in [6.07, 6.45) is -2.96. The molecule has 31 heavy (non-hydrogen) atoms. The Hall–Kier alpha value is -3.68. The van der Waals surface area contributed by atoms with Gasteiger partial charge in [0, 0.05) is 29.4 Å². The first-order chi connectivity index (χ1) is 14.7. The van der Waals surface area contributed by atoms with Crippen molar-refractivity contribution < 1.29 is 18.0 Å². The highest BCUT2D eigenvalue weighted by molar-refractivity contribution is 6.06. The number of carbonyl (C=O) groups excluding carboxylic acids is 1. The topological polar surface area (TPSA) is 59.8 Å². The molecule has 2 aromatic carbocycles. The largest absolute Gasteiger partial charge is 0.416 e. The Labute approximate surface area is 176 Å². The molecule has 0 saturated heterocycles. The number of amides is 1. The molecule has 0 fully saturated rings. The molecule has 0 spiro atoms. The predicted molar refractivity (Wildman–Crippen MR) is 111 cm³/mol. The first kappa shape index (κ1) is 20.6. The van der Waals surface area contributed by atoms with Gasteiger partial charge in [0.05, 0.1) is 22.5 Å². The Bertz CT molecular complexity index is 1270. The minimum Gasteiger partial charge on any atom is -0.348 e. The van der Waals surface area contributed by atoms with Crippen LogP contribution < -0.4 is 5.32 Å². The minimum atomic E-state index is -4.57. The molecule has 0 unspecified atom stereocenters. The first-order valence-corrected chi connectivity index (χ1v) is 9.60. The molecule has 0 aliphatic heterocycles. The molecule has 4 rings (SSSR count). The van der Waals surface area contributed by atoms with Gasteiger partial charge in [0.1, 0.15) is 0 Å². The maximum absolute atomic E-state index is 13.8. The highest BCUT2D eigenvalue weighted by Gasteiger charge is 2.34. The van der Waals surface area contributed by atoms with Crippen molar-refractivity contribution in [2.75, 3.05) is 0 Å². The van der Waals surface area contributed by atoms with Crippen LogP contribution >= 0.6 is 0 Å². The van der Waals surface area contributed by atoms with Crippen molar-refractivity contribution in [3.8, 4) is 5.69 Å². The molecule has 2 aromatic heterocycles. The van der Waals surface area contributed by atoms with Crippen molar-refractivity contribution in [1.29, 1.82) is 0 Å². The van der Waals surface area contributed by atoms with E-state index < -0.39 is 17.6 Å². The van der Waals surface area contributed by atoms with Crippen molar-refractivity contribution in [1.82, 2.24) is 20.1 Å². The standard InChI is InChI=1S/C23H19F3N4O/c1-14-11-15(2)30(29-14)17-9-8-16(20(12-17)23(24,25)26)13-28-22(31)19-5-3-7-21-18(19)6-4-10-27-21/h3-12H,13H2,1-2H3,(H,28,31). The summed E-state index contributed by atoms with van der Waals surface area (Å²) in [6.45, 7) is 3.29. The lowest BCUT2D eigenvalue weighted by Gasteiger charge is -2.16. The third-order valence-corrected chi connectivity index (χ3v) is 4.98. The van der Waals surface area contributed by atoms with Crippen LogP contribution in [0.25, 0.3) is 16.6 Å². The SMILES string of the molecule is Cc1cc(C)n(-c2ccc(CNC(=O)c3cccc4ncccc34)c(C(F)(F)F)c2)n1. The van der Waals surface area contributed by atoms with Gasteiger partial charge in [-0.1, -0.05) is 18.2 Å². The number of pyridine rings is 1. The third-order valence-electron chi connectivity index (χ3n) is 4.98. The highest BCUT2D eigenvalue weighted by Crippen LogP contribution is 2.33. The molecule has 0 radical (unpaired) electrons. The number of benzene rings is 2. The van der Waals surface area contributed by atoms with Gasteiger partial charge in [-0.3, -0.25) is 9.78 Å². The second kappa shape index (κ2) is 7.86. The molecule has 2 heterocycles. The van der Waals surface area contributed by atoms with E-state index in [2.05, 4.69) is 15.4 Å². The van der Waals surface area contributed by atoms with Crippen LogP contribution in [0.15, 0.2) is 60.8 Å². The summed E-state index contributed by atoms with van der Waals surface area (Å²) in [5, 5.41) is 7.49. The van der Waals surface area contributed by atoms with E-state index in [1.54, 1.807) is 62.5 Å². The molecule has 1 amide bonds. The van der Waals surface area contributed by atoms with E-state index in [9.17, 15) is 18.0 Å². The molecule has 5 nitrogen and oxygen atoms in total. The van der Waals surface area contributed by atoms with Gasteiger partial charge in [-0.2, -0.15) is 18.3 Å². The van der Waals surface area contributed by atoms with Gasteiger partial charge in [0.2, 0.25) is 0 Å². The Kier molecular flexibility index (Phi) is 5.22. The molecule has 0 aliphatic rings. The number of nitrogens with zero attached hydrogens (tertiary/aromatic N) is 3. The number of aromatic nitrogens is 3. The van der Waals surface area contributed by atoms with Gasteiger partial charge in [-0.25, -0.2) is 4.68 Å². The van der Waals surface area contributed by atoms with Crippen LogP contribution in [0.2, 0.25) is 0 Å². The van der Waals surface area contributed by atoms with Gasteiger partial charge in [-0.05, 0) is 55.8 Å². The van der Waals surface area contributed by atoms with Crippen LogP contribution in [-0.2, 0) is 12.7 Å². The summed E-state index contributed by atoms with van der Waals surface area (Å²) in [4.78, 5) is 16.9. The fourth-order valence-electron chi connectivity index (χ4n) is 3.58. The number of fused-ring (bicyclic) bond motifs is 1. The Balaban J connectivity index is 1.63. The van der Waals surface area contributed by atoms with Crippen molar-refractivity contribution in [3.05, 3.63) is 88.9 Å². The number of halogens is 3. The summed E-state index contributed by atoms with van der Waals surface area (Å²) in [6, 6.07) is 14.3. The lowest BCUT2D eigenvalue weighted by Crippen LogP contribution is -2.25. The van der Waals surface area contributed by atoms with E-state index in [0.29, 0.717) is 27.8 Å². The van der Waals surface area contributed by atoms with Gasteiger partial charge in [-0.15, -0.1) is 0 Å². The van der Waals surface area contributed by atoms with Crippen LogP contribution in [0.4, 0.5) is 13.2 Å². The molecule has 0 aliphatic carbocycles. The molecule has 0 saturated carbocycles. The van der Waals surface area contributed by atoms with Crippen molar-refractivity contribution in [2.24, 2.45) is 0 Å². The van der Waals surface area contributed by atoms with Crippen LogP contribution in [0.1, 0.15) is 32.9 Å². The van der Waals surface area contributed by atoms with E-state index in [1.807, 2.05) is 0 Å². The second-order valence-electron chi connectivity index (χ2n) is 7.24. The molecule has 1 N–H and O–H groups in total. The summed E-state index contributed by atoms with van der Waals surface area (Å²) < 4.78 is 42.7. The van der Waals surface area contributed by atoms with Crippen LogP contribution in [0.3, 0.4) is 0 Å². The van der Waals surface area contributed by atoms with Crippen LogP contribution in [0, 0.1) is 13.8 Å². The van der Waals surface area contributed by atoms with E-state index >= 15 is 0 Å². The smallest absolute Gasteiger partial charge is 0.348 e. The van der Waals surface area contributed by atoms with Gasteiger partial charge >= 0.3 is 6.18 Å². The van der Waals surface area contributed by atoms with Crippen molar-refractivity contribution >= 4 is 16.8 Å². The summed E-state index contributed by atoms with van der Waals surface area (Å²) in [7, 11) is 0. The van der Waals surface area contributed by atoms with E-state index in [4.69, 9.17) is 0 Å². The average molecular weight is 424 g/mol. The Morgan fingerprint density at radius 1 is 1.06 bits per heavy atom. The number of nitrogens with one attached hydrogen (secondary N) is 1. The molecule has 158 valence electrons. The van der Waals surface area contributed by atoms with Gasteiger partial charge in [0.25, 0.3) is 5.91 Å². The second-order valence-corrected chi connectivity index (χ2v) is 7.24. The van der Waals surface area contributed by atoms with Crippen molar-refractivity contribution in [3.63, 3.8) is 0 Å². The quantitative estimate of drug-likeness (QED) is 0.502. The van der Waals surface area contributed by atoms with E-state index in [0.717, 1.165) is 11.8 Å². The maximum atomic E-state index is 13.8. The number of carbonyl (C=O) groups is 1. The molecule has 0 bridgehead atoms. The number of hydrogen-bond acceptors (Lipinski definition) is 3. The fraction of sp³-hybridized carbons (Fsp3) is 0.174. The number of aryl methyl sites for hydroxylation is 2. The Morgan fingerprint density at radius 3 is 2.58 bits per heavy atom. The van der Waals surface area contributed by atoms with E-state index in [1.165, 1.54) is 10.7 Å². The summed E-state index contributed by atoms with van der Waals surface area (Å²) in [5.41, 5.74) is 1.93. The fourth-order valence-corrected chi connectivity index (χ4v) is 3.58. The van der Waals surface area contributed by atoms with Gasteiger partial charge in [0.15, 0.2) is 0 Å². The number of hydrogen-bond donors (Lipinski definition) is 1. The number of rotatable bonds is 4. The lowest BCUT2D eigenvalue weighted by molar-refractivity contribution is -0.138. The third kappa shape index (κ3) is 4.14. The predicted octanol–water partition coefficient (Wildman–Crippen LogP) is 4.99. The Morgan fingerprint density at radius 2 is 1.87 bits per heavy atom. The molecule has 0 atom stereocenters. The zero-order chi connectivity index (χ0) is 22.2. The average Bonchev–Trinajstić information content (AvgIpc) is 3.08. The molecular formula is C23H19F3N4O. The zero-order valence-electron chi connectivity index (χ0n) is 16.9. The minimum absolute atomic E-state index is 0.0236. The van der Waals surface area contributed by atoms with Crippen molar-refractivity contribution in [2.45, 2.75) is 26.6 Å². The summed E-state index contributed by atoms with van der Waals surface area (Å²) >= 11 is 0. The maximum Gasteiger partial charge on any atom is 0.416 e. The zero-order valence-corrected chi connectivity index (χ0v) is 16.9. The van der Waals surface area contributed by atoms with Crippen LogP contribution in [0.5, 0.6) is 0 Å². The molecule has 4 aromatic rings. The van der Waals surface area contributed by atoms with Gasteiger partial charge < -0.3 is 5.32 Å². The number of alkyl halides is 3. The molecular weight excluding hydrogens is 405 g/mol. The normalized spacial score (nSPS) is 11.6. The summed E-state index contributed by atoms with van der Waals surface area (Å²) in [5.74, 6) is -0.464. The highest BCUT2D eigenvalue weighted by atomic mass is 19.4. The first-order valence-electron chi connectivity index (χ1n) is 9.60. The van der Waals surface area contributed by atoms with E-state index in [-0.39, 0.29) is 12.1 Å². The lowest BCUT2D eigenvalue weighted by atomic mass is 10.0. The monoisotopic (exact) mass is 424 g/mol. The van der Waals surface area contributed by atoms with Crippen LogP contribution in [-0.4, -0.2) is 20.7 Å².